The Morgan fingerprint density at radius 2 is 1.68 bits per heavy atom. The fourth-order valence-corrected chi connectivity index (χ4v) is 2.04. The SMILES string of the molecule is CCOC(=O)C[C@@H](O)Cc1ccc(CC(C)C)cc1. The minimum absolute atomic E-state index is 0.0571. The maximum absolute atomic E-state index is 11.2. The lowest BCUT2D eigenvalue weighted by molar-refractivity contribution is -0.145. The zero-order valence-electron chi connectivity index (χ0n) is 12.1. The molecule has 0 aliphatic rings. The molecule has 1 atom stereocenters. The van der Waals surface area contributed by atoms with E-state index in [1.807, 2.05) is 12.1 Å². The molecule has 19 heavy (non-hydrogen) atoms. The number of hydrogen-bond donors (Lipinski definition) is 1. The van der Waals surface area contributed by atoms with Crippen molar-refractivity contribution in [3.8, 4) is 0 Å². The molecule has 1 rings (SSSR count). The molecule has 0 radical (unpaired) electrons. The number of benzene rings is 1. The number of aliphatic hydroxyl groups excluding tert-OH is 1. The van der Waals surface area contributed by atoms with Crippen molar-refractivity contribution in [1.82, 2.24) is 0 Å². The summed E-state index contributed by atoms with van der Waals surface area (Å²) in [6.45, 7) is 6.50. The van der Waals surface area contributed by atoms with Crippen LogP contribution in [-0.2, 0) is 22.4 Å². The molecule has 0 aliphatic heterocycles. The molecule has 0 spiro atoms. The average molecular weight is 264 g/mol. The molecule has 0 aromatic heterocycles. The van der Waals surface area contributed by atoms with Crippen molar-refractivity contribution in [2.75, 3.05) is 6.61 Å². The average Bonchev–Trinajstić information content (AvgIpc) is 2.31. The first kappa shape index (κ1) is 15.7. The lowest BCUT2D eigenvalue weighted by atomic mass is 9.99. The molecule has 0 heterocycles. The Bertz CT molecular complexity index is 381. The number of ether oxygens (including phenoxy) is 1. The molecular formula is C16H24O3. The van der Waals surface area contributed by atoms with E-state index in [-0.39, 0.29) is 12.4 Å². The normalized spacial score (nSPS) is 12.5. The highest BCUT2D eigenvalue weighted by molar-refractivity contribution is 5.69. The van der Waals surface area contributed by atoms with Crippen molar-refractivity contribution in [2.24, 2.45) is 5.92 Å². The van der Waals surface area contributed by atoms with Crippen LogP contribution in [0, 0.1) is 5.92 Å². The highest BCUT2D eigenvalue weighted by Gasteiger charge is 2.12. The first-order valence-corrected chi connectivity index (χ1v) is 6.92. The molecule has 0 saturated carbocycles. The zero-order chi connectivity index (χ0) is 14.3. The Morgan fingerprint density at radius 3 is 2.16 bits per heavy atom. The maximum Gasteiger partial charge on any atom is 0.308 e. The first-order valence-electron chi connectivity index (χ1n) is 6.92. The van der Waals surface area contributed by atoms with Crippen LogP contribution in [0.4, 0.5) is 0 Å². The quantitative estimate of drug-likeness (QED) is 0.770. The van der Waals surface area contributed by atoms with Crippen LogP contribution in [0.3, 0.4) is 0 Å². The van der Waals surface area contributed by atoms with E-state index in [2.05, 4.69) is 26.0 Å². The Balaban J connectivity index is 2.46. The van der Waals surface area contributed by atoms with Crippen molar-refractivity contribution in [3.63, 3.8) is 0 Å². The van der Waals surface area contributed by atoms with Gasteiger partial charge in [0.05, 0.1) is 19.1 Å². The Hall–Kier alpha value is -1.35. The number of carbonyl (C=O) groups excluding carboxylic acids is 1. The molecule has 106 valence electrons. The summed E-state index contributed by atoms with van der Waals surface area (Å²) in [4.78, 5) is 11.2. The van der Waals surface area contributed by atoms with Crippen molar-refractivity contribution in [3.05, 3.63) is 35.4 Å². The van der Waals surface area contributed by atoms with Gasteiger partial charge in [0.25, 0.3) is 0 Å². The smallest absolute Gasteiger partial charge is 0.308 e. The molecule has 0 fully saturated rings. The van der Waals surface area contributed by atoms with E-state index in [9.17, 15) is 9.90 Å². The van der Waals surface area contributed by atoms with E-state index in [0.717, 1.165) is 12.0 Å². The van der Waals surface area contributed by atoms with E-state index in [4.69, 9.17) is 4.74 Å². The van der Waals surface area contributed by atoms with Gasteiger partial charge in [0.2, 0.25) is 0 Å². The number of esters is 1. The number of aliphatic hydroxyl groups is 1. The lowest BCUT2D eigenvalue weighted by Crippen LogP contribution is -2.18. The summed E-state index contributed by atoms with van der Waals surface area (Å²) in [6, 6.07) is 8.22. The van der Waals surface area contributed by atoms with E-state index in [0.29, 0.717) is 18.9 Å². The van der Waals surface area contributed by atoms with Crippen LogP contribution in [-0.4, -0.2) is 23.8 Å². The van der Waals surface area contributed by atoms with Crippen molar-refractivity contribution in [1.29, 1.82) is 0 Å². The van der Waals surface area contributed by atoms with Gasteiger partial charge < -0.3 is 9.84 Å². The molecule has 0 unspecified atom stereocenters. The van der Waals surface area contributed by atoms with Gasteiger partial charge in [0, 0.05) is 0 Å². The first-order chi connectivity index (χ1) is 9.01. The van der Waals surface area contributed by atoms with Crippen LogP contribution in [0.2, 0.25) is 0 Å². The van der Waals surface area contributed by atoms with Crippen LogP contribution in [0.15, 0.2) is 24.3 Å². The molecule has 1 aromatic carbocycles. The third-order valence-corrected chi connectivity index (χ3v) is 2.85. The van der Waals surface area contributed by atoms with E-state index < -0.39 is 6.10 Å². The topological polar surface area (TPSA) is 46.5 Å². The van der Waals surface area contributed by atoms with Gasteiger partial charge in [0.1, 0.15) is 0 Å². The molecule has 3 nitrogen and oxygen atoms in total. The van der Waals surface area contributed by atoms with Crippen LogP contribution in [0.1, 0.15) is 38.3 Å². The highest BCUT2D eigenvalue weighted by atomic mass is 16.5. The van der Waals surface area contributed by atoms with Crippen molar-refractivity contribution in [2.45, 2.75) is 46.1 Å². The Labute approximate surface area is 115 Å². The monoisotopic (exact) mass is 264 g/mol. The molecule has 3 heteroatoms. The third kappa shape index (κ3) is 6.39. The fourth-order valence-electron chi connectivity index (χ4n) is 2.04. The van der Waals surface area contributed by atoms with Gasteiger partial charge in [-0.2, -0.15) is 0 Å². The minimum Gasteiger partial charge on any atom is -0.466 e. The van der Waals surface area contributed by atoms with Gasteiger partial charge in [-0.1, -0.05) is 38.1 Å². The predicted octanol–water partition coefficient (Wildman–Crippen LogP) is 2.74. The van der Waals surface area contributed by atoms with Gasteiger partial charge in [-0.25, -0.2) is 0 Å². The molecule has 0 aliphatic carbocycles. The van der Waals surface area contributed by atoms with E-state index in [1.54, 1.807) is 6.92 Å². The largest absolute Gasteiger partial charge is 0.466 e. The molecule has 1 N–H and O–H groups in total. The van der Waals surface area contributed by atoms with Gasteiger partial charge in [-0.3, -0.25) is 4.79 Å². The second-order valence-corrected chi connectivity index (χ2v) is 5.28. The molecule has 0 amide bonds. The predicted molar refractivity (Wildman–Crippen MR) is 75.9 cm³/mol. The van der Waals surface area contributed by atoms with Crippen LogP contribution in [0.25, 0.3) is 0 Å². The standard InChI is InChI=1S/C16H24O3/c1-4-19-16(18)11-15(17)10-14-7-5-13(6-8-14)9-12(2)3/h5-8,12,15,17H,4,9-11H2,1-3H3/t15-/m0/s1. The van der Waals surface area contributed by atoms with Crippen LogP contribution < -0.4 is 0 Å². The third-order valence-electron chi connectivity index (χ3n) is 2.85. The summed E-state index contributed by atoms with van der Waals surface area (Å²) < 4.78 is 4.81. The lowest BCUT2D eigenvalue weighted by Gasteiger charge is -2.11. The van der Waals surface area contributed by atoms with Gasteiger partial charge in [-0.15, -0.1) is 0 Å². The van der Waals surface area contributed by atoms with Crippen LogP contribution in [0.5, 0.6) is 0 Å². The summed E-state index contributed by atoms with van der Waals surface area (Å²) in [6.07, 6.45) is 0.934. The molecular weight excluding hydrogens is 240 g/mol. The summed E-state index contributed by atoms with van der Waals surface area (Å²) in [5, 5.41) is 9.81. The highest BCUT2D eigenvalue weighted by Crippen LogP contribution is 2.12. The van der Waals surface area contributed by atoms with Crippen molar-refractivity contribution >= 4 is 5.97 Å². The van der Waals surface area contributed by atoms with E-state index >= 15 is 0 Å². The number of carbonyl (C=O) groups is 1. The van der Waals surface area contributed by atoms with E-state index in [1.165, 1.54) is 5.56 Å². The van der Waals surface area contributed by atoms with Gasteiger partial charge >= 0.3 is 5.97 Å². The Kier molecular flexibility index (Phi) is 6.57. The van der Waals surface area contributed by atoms with Crippen molar-refractivity contribution < 1.29 is 14.6 Å². The van der Waals surface area contributed by atoms with Crippen LogP contribution >= 0.6 is 0 Å². The molecule has 0 bridgehead atoms. The Morgan fingerprint density at radius 1 is 1.16 bits per heavy atom. The number of hydrogen-bond acceptors (Lipinski definition) is 3. The van der Waals surface area contributed by atoms with Gasteiger partial charge in [0.15, 0.2) is 0 Å². The number of rotatable bonds is 7. The zero-order valence-corrected chi connectivity index (χ0v) is 12.1. The van der Waals surface area contributed by atoms with Gasteiger partial charge in [-0.05, 0) is 36.8 Å². The molecule has 0 saturated heterocycles. The second kappa shape index (κ2) is 7.95. The minimum atomic E-state index is -0.671. The molecule has 1 aromatic rings. The summed E-state index contributed by atoms with van der Waals surface area (Å²) in [5.41, 5.74) is 2.35. The summed E-state index contributed by atoms with van der Waals surface area (Å²) in [7, 11) is 0. The fraction of sp³-hybridized carbons (Fsp3) is 0.562. The summed E-state index contributed by atoms with van der Waals surface area (Å²) in [5.74, 6) is 0.298. The second-order valence-electron chi connectivity index (χ2n) is 5.28. The maximum atomic E-state index is 11.2. The summed E-state index contributed by atoms with van der Waals surface area (Å²) >= 11 is 0.